The maximum atomic E-state index is 5.85. The lowest BCUT2D eigenvalue weighted by Crippen LogP contribution is -2.31. The molecule has 6 aromatic rings. The molecule has 0 saturated carbocycles. The molecule has 0 radical (unpaired) electrons. The molecule has 111 heavy (non-hydrogen) atoms. The number of nitrogens with one attached hydrogen (secondary N) is 7. The van der Waals surface area contributed by atoms with E-state index in [0.29, 0.717) is 27.1 Å². The van der Waals surface area contributed by atoms with Gasteiger partial charge in [0.25, 0.3) is 0 Å². The van der Waals surface area contributed by atoms with Gasteiger partial charge in [-0.3, -0.25) is 0 Å². The molecule has 0 aliphatic heterocycles. The molecule has 0 aliphatic carbocycles. The van der Waals surface area contributed by atoms with Crippen molar-refractivity contribution >= 4 is 209 Å². The number of ether oxygens (including phenoxy) is 1. The summed E-state index contributed by atoms with van der Waals surface area (Å²) in [6.45, 7) is 67.8. The zero-order valence-electron chi connectivity index (χ0n) is 74.1. The van der Waals surface area contributed by atoms with Crippen LogP contribution in [0.3, 0.4) is 0 Å². The SMILES string of the molecule is CCCN(CCC)CCOCCN(C)c1c(C(C)(C)C)c(=S)c1=S.CCN(C)c1c(NCCCC(C)(C)C)c(=S)c1=S.CCN(CC)c1c(NCCCC(C)(C)C)c(=S)c1=S.CCNc1c(NCCCC(C)(C)C)c(=S)c1=S.CN(C)c1c(NCCCC(C)(C)C)c(=S)c1=S.CNc1c(NCCCC(C)(C)C)c(=S)c1=S. The summed E-state index contributed by atoms with van der Waals surface area (Å²) < 4.78 is 15.8. The lowest BCUT2D eigenvalue weighted by atomic mass is 9.83. The molecule has 0 aliphatic rings. The Balaban J connectivity index is 0.000000669. The lowest BCUT2D eigenvalue weighted by Gasteiger charge is -2.32. The van der Waals surface area contributed by atoms with Crippen LogP contribution in [0.25, 0.3) is 0 Å². The molecule has 0 fully saturated rings. The van der Waals surface area contributed by atoms with E-state index in [9.17, 15) is 0 Å². The zero-order valence-corrected chi connectivity index (χ0v) is 83.9. The van der Waals surface area contributed by atoms with Gasteiger partial charge >= 0.3 is 0 Å². The first kappa shape index (κ1) is 106. The number of hydrogen-bond acceptors (Lipinski definition) is 25. The average molecular weight is 1750 g/mol. The molecule has 6 aromatic carbocycles. The van der Waals surface area contributed by atoms with Gasteiger partial charge in [0.1, 0.15) is 0 Å². The molecule has 0 bridgehead atoms. The standard InChI is InChI=1S/C19H34N2OS2.C15H26N2S2.C14H24N2S2.2C13H22N2S2.C12H20N2S2/c1-7-9-21(10-8-2)12-14-22-13-11-20(6)16-15(19(3,4)5)17(23)18(16)24;1-6-17(7-2)12-11(13(18)14(12)19)16-10-8-9-15(3,4)5;1-6-16(5)11-10(12(17)13(11)18)15-9-7-8-14(2,3)4;1-13(2,3)7-6-8-14-9-10(15(4)5)12(17)11(9)16;1-5-14-9-10(12(17)11(9)16)15-8-6-7-13(2,3)4;1-12(2,3)6-5-7-14-9-8(13-4)10(15)11(9)16/h7-14H2,1-6H3;16H,6-10H2,1-5H3;15H,6-9H2,1-5H3;14H,6-8H2,1-5H3;14-15H,5-8H2,1-4H3;13-14H,5-7H2,1-4H3. The van der Waals surface area contributed by atoms with Gasteiger partial charge in [0, 0.05) is 113 Å². The Morgan fingerprint density at radius 2 is 0.604 bits per heavy atom. The van der Waals surface area contributed by atoms with Gasteiger partial charge in [-0.05, 0) is 150 Å². The minimum Gasteiger partial charge on any atom is -0.385 e. The Labute approximate surface area is 737 Å². The van der Waals surface area contributed by atoms with E-state index in [1.165, 1.54) is 50.5 Å². The molecule has 13 nitrogen and oxygen atoms in total. The van der Waals surface area contributed by atoms with Crippen molar-refractivity contribution in [1.29, 1.82) is 0 Å². The van der Waals surface area contributed by atoms with Crippen LogP contribution in [-0.2, 0) is 10.2 Å². The Bertz CT molecular complexity index is 4200. The highest BCUT2D eigenvalue weighted by Crippen LogP contribution is 2.41. The maximum absolute atomic E-state index is 5.85. The van der Waals surface area contributed by atoms with Crippen LogP contribution in [0, 0.1) is 81.2 Å². The first-order valence-corrected chi connectivity index (χ1v) is 45.5. The van der Waals surface area contributed by atoms with Crippen molar-refractivity contribution in [3.63, 3.8) is 0 Å². The predicted octanol–water partition coefficient (Wildman–Crippen LogP) is 28.0. The van der Waals surface area contributed by atoms with E-state index in [1.807, 2.05) is 26.0 Å². The molecule has 0 aromatic heterocycles. The number of anilines is 11. The number of rotatable bonds is 40. The fourth-order valence-corrected chi connectivity index (χ4v) is 16.2. The van der Waals surface area contributed by atoms with Crippen LogP contribution in [0.1, 0.15) is 249 Å². The zero-order chi connectivity index (χ0) is 85.5. The molecular weight excluding hydrogens is 1600 g/mol. The third-order valence-electron chi connectivity index (χ3n) is 18.7. The van der Waals surface area contributed by atoms with Crippen molar-refractivity contribution < 1.29 is 4.74 Å². The average Bonchev–Trinajstić information content (AvgIpc) is 0.762. The lowest BCUT2D eigenvalue weighted by molar-refractivity contribution is 0.108. The fourth-order valence-electron chi connectivity index (χ4n) is 12.3. The summed E-state index contributed by atoms with van der Waals surface area (Å²) in [4.78, 5) is 11.1. The summed E-state index contributed by atoms with van der Waals surface area (Å²) in [5.41, 5.74) is 15.1. The maximum Gasteiger partial charge on any atom is 0.0834 e. The third-order valence-corrected chi connectivity index (χ3v) is 24.3. The van der Waals surface area contributed by atoms with E-state index in [0.717, 1.165) is 247 Å². The van der Waals surface area contributed by atoms with E-state index < -0.39 is 0 Å². The van der Waals surface area contributed by atoms with Gasteiger partial charge in [0.15, 0.2) is 0 Å². The molecule has 6 rings (SSSR count). The Hall–Kier alpha value is -2.76. The Morgan fingerprint density at radius 1 is 0.306 bits per heavy atom. The second kappa shape index (κ2) is 50.2. The van der Waals surface area contributed by atoms with Crippen LogP contribution in [0.15, 0.2) is 0 Å². The fraction of sp³-hybridized carbons (Fsp3) is 0.721. The second-order valence-corrected chi connectivity index (χ2v) is 41.2. The summed E-state index contributed by atoms with van der Waals surface area (Å²) in [6.07, 6.45) is 14.2. The van der Waals surface area contributed by atoms with Crippen molar-refractivity contribution in [2.24, 2.45) is 27.1 Å². The van der Waals surface area contributed by atoms with Gasteiger partial charge in [-0.1, -0.05) is 285 Å². The molecule has 0 atom stereocenters. The van der Waals surface area contributed by atoms with Crippen molar-refractivity contribution in [3.8, 4) is 0 Å². The van der Waals surface area contributed by atoms with Gasteiger partial charge < -0.3 is 66.5 Å². The van der Waals surface area contributed by atoms with E-state index in [4.69, 9.17) is 151 Å². The largest absolute Gasteiger partial charge is 0.385 e. The van der Waals surface area contributed by atoms with Gasteiger partial charge in [-0.25, -0.2) is 0 Å². The summed E-state index contributed by atoms with van der Waals surface area (Å²) in [5, 5.41) is 23.4. The summed E-state index contributed by atoms with van der Waals surface area (Å²) in [7, 11) is 10.0. The van der Waals surface area contributed by atoms with Crippen molar-refractivity contribution in [3.05, 3.63) is 59.7 Å². The van der Waals surface area contributed by atoms with Crippen LogP contribution >= 0.6 is 147 Å². The number of nitrogens with zero attached hydrogens (tertiary/aromatic N) is 5. The van der Waals surface area contributed by atoms with E-state index in [1.54, 1.807) is 0 Å². The van der Waals surface area contributed by atoms with Gasteiger partial charge in [0.2, 0.25) is 0 Å². The molecule has 25 heteroatoms. The van der Waals surface area contributed by atoms with E-state index >= 15 is 0 Å². The van der Waals surface area contributed by atoms with E-state index in [-0.39, 0.29) is 5.41 Å². The van der Waals surface area contributed by atoms with Crippen LogP contribution in [0.5, 0.6) is 0 Å². The molecule has 630 valence electrons. The van der Waals surface area contributed by atoms with Gasteiger partial charge in [0.05, 0.1) is 130 Å². The summed E-state index contributed by atoms with van der Waals surface area (Å²) in [6, 6.07) is 0. The van der Waals surface area contributed by atoms with Gasteiger partial charge in [-0.2, -0.15) is 0 Å². The minimum absolute atomic E-state index is 0.0463. The normalized spacial score (nSPS) is 11.9. The van der Waals surface area contributed by atoms with Crippen molar-refractivity contribution in [2.75, 3.05) is 190 Å². The number of hydrogen-bond donors (Lipinski definition) is 7. The van der Waals surface area contributed by atoms with Crippen LogP contribution in [0.2, 0.25) is 0 Å². The molecule has 0 unspecified atom stereocenters. The monoisotopic (exact) mass is 1750 g/mol. The first-order chi connectivity index (χ1) is 51.3. The van der Waals surface area contributed by atoms with Crippen molar-refractivity contribution in [1.82, 2.24) is 4.90 Å². The Morgan fingerprint density at radius 3 is 0.928 bits per heavy atom. The number of likely N-dealkylation sites (N-methyl/N-ethyl adjacent to an activating group) is 1. The topological polar surface area (TPSA) is 110 Å². The quantitative estimate of drug-likeness (QED) is 0.0146. The van der Waals surface area contributed by atoms with Crippen molar-refractivity contribution in [2.45, 2.75) is 249 Å². The first-order valence-electron chi connectivity index (χ1n) is 40.6. The highest BCUT2D eigenvalue weighted by molar-refractivity contribution is 7.76. The second-order valence-electron chi connectivity index (χ2n) is 36.3. The Kier molecular flexibility index (Phi) is 48.1. The predicted molar refractivity (Wildman–Crippen MR) is 529 cm³/mol. The molecule has 0 heterocycles. The molecular formula is C86H148N12OS12. The highest BCUT2D eigenvalue weighted by Gasteiger charge is 2.29. The minimum atomic E-state index is 0.0463. The summed E-state index contributed by atoms with van der Waals surface area (Å²) >= 11 is 63.5. The summed E-state index contributed by atoms with van der Waals surface area (Å²) in [5.74, 6) is 0. The van der Waals surface area contributed by atoms with Gasteiger partial charge in [-0.15, -0.1) is 0 Å². The van der Waals surface area contributed by atoms with Crippen LogP contribution in [0.4, 0.5) is 62.6 Å². The molecule has 0 spiro atoms. The molecule has 0 saturated heterocycles. The molecule has 0 amide bonds. The molecule has 7 N–H and O–H groups in total. The van der Waals surface area contributed by atoms with Crippen LogP contribution < -0.4 is 56.8 Å². The highest BCUT2D eigenvalue weighted by atomic mass is 32.1. The third kappa shape index (κ3) is 36.6. The van der Waals surface area contributed by atoms with Crippen LogP contribution in [-0.4, -0.2) is 138 Å². The smallest absolute Gasteiger partial charge is 0.0834 e. The van der Waals surface area contributed by atoms with E-state index in [2.05, 4.69) is 237 Å².